The van der Waals surface area contributed by atoms with E-state index in [2.05, 4.69) is 5.32 Å². The van der Waals surface area contributed by atoms with Crippen molar-refractivity contribution in [3.63, 3.8) is 0 Å². The Kier molecular flexibility index (Phi) is 5.95. The van der Waals surface area contributed by atoms with E-state index in [9.17, 15) is 14.3 Å². The predicted octanol–water partition coefficient (Wildman–Crippen LogP) is 2.26. The normalized spacial score (nSPS) is 12.8. The van der Waals surface area contributed by atoms with E-state index in [1.54, 1.807) is 19.1 Å². The maximum atomic E-state index is 13.4. The molecule has 1 atom stereocenters. The first-order valence-corrected chi connectivity index (χ1v) is 6.83. The highest BCUT2D eigenvalue weighted by molar-refractivity contribution is 5.80. The zero-order valence-corrected chi connectivity index (χ0v) is 12.1. The Morgan fingerprint density at radius 3 is 2.55 bits per heavy atom. The highest BCUT2D eigenvalue weighted by Crippen LogP contribution is 2.17. The fourth-order valence-electron chi connectivity index (χ4n) is 1.68. The average molecular weight is 283 g/mol. The van der Waals surface area contributed by atoms with Gasteiger partial charge < -0.3 is 15.2 Å². The number of hydrogen-bond acceptors (Lipinski definition) is 3. The molecule has 0 bridgehead atoms. The standard InChI is InChI=1S/C15H22FNO3/c1-4-15(19,5-2)10-17-14(18)11(3)20-13-9-7-6-8-12(13)16/h6-9,11,19H,4-5,10H2,1-3H3,(H,17,18). The van der Waals surface area contributed by atoms with Crippen LogP contribution >= 0.6 is 0 Å². The molecule has 0 heterocycles. The lowest BCUT2D eigenvalue weighted by atomic mass is 9.97. The summed E-state index contributed by atoms with van der Waals surface area (Å²) in [7, 11) is 0. The van der Waals surface area contributed by atoms with E-state index >= 15 is 0 Å². The van der Waals surface area contributed by atoms with Crippen molar-refractivity contribution >= 4 is 5.91 Å². The van der Waals surface area contributed by atoms with Gasteiger partial charge in [0.2, 0.25) is 0 Å². The van der Waals surface area contributed by atoms with Gasteiger partial charge in [0.05, 0.1) is 5.60 Å². The van der Waals surface area contributed by atoms with Crippen LogP contribution < -0.4 is 10.1 Å². The summed E-state index contributed by atoms with van der Waals surface area (Å²) < 4.78 is 18.7. The van der Waals surface area contributed by atoms with E-state index in [1.165, 1.54) is 12.1 Å². The van der Waals surface area contributed by atoms with Crippen LogP contribution in [0.2, 0.25) is 0 Å². The summed E-state index contributed by atoms with van der Waals surface area (Å²) in [6.45, 7) is 5.41. The van der Waals surface area contributed by atoms with Crippen LogP contribution in [0.3, 0.4) is 0 Å². The molecule has 0 aromatic heterocycles. The number of carbonyl (C=O) groups excluding carboxylic acids is 1. The number of aliphatic hydroxyl groups is 1. The molecule has 20 heavy (non-hydrogen) atoms. The summed E-state index contributed by atoms with van der Waals surface area (Å²) in [5.74, 6) is -0.851. The molecule has 0 saturated carbocycles. The molecule has 0 saturated heterocycles. The summed E-state index contributed by atoms with van der Waals surface area (Å²) in [4.78, 5) is 11.9. The second kappa shape index (κ2) is 7.24. The van der Waals surface area contributed by atoms with Crippen LogP contribution in [0.25, 0.3) is 0 Å². The molecule has 2 N–H and O–H groups in total. The van der Waals surface area contributed by atoms with Gasteiger partial charge >= 0.3 is 0 Å². The zero-order valence-electron chi connectivity index (χ0n) is 12.1. The summed E-state index contributed by atoms with van der Waals surface area (Å²) >= 11 is 0. The third-order valence-corrected chi connectivity index (χ3v) is 3.42. The summed E-state index contributed by atoms with van der Waals surface area (Å²) in [5, 5.41) is 12.7. The minimum Gasteiger partial charge on any atom is -0.478 e. The van der Waals surface area contributed by atoms with E-state index < -0.39 is 17.5 Å². The van der Waals surface area contributed by atoms with Gasteiger partial charge in [-0.3, -0.25) is 4.79 Å². The SMILES string of the molecule is CCC(O)(CC)CNC(=O)C(C)Oc1ccccc1F. The van der Waals surface area contributed by atoms with Crippen molar-refractivity contribution in [3.05, 3.63) is 30.1 Å². The van der Waals surface area contributed by atoms with Crippen LogP contribution in [-0.4, -0.2) is 29.3 Å². The number of para-hydroxylation sites is 1. The lowest BCUT2D eigenvalue weighted by molar-refractivity contribution is -0.128. The fraction of sp³-hybridized carbons (Fsp3) is 0.533. The molecule has 112 valence electrons. The van der Waals surface area contributed by atoms with Crippen LogP contribution in [-0.2, 0) is 4.79 Å². The van der Waals surface area contributed by atoms with Gasteiger partial charge in [-0.15, -0.1) is 0 Å². The Labute approximate surface area is 119 Å². The van der Waals surface area contributed by atoms with E-state index in [4.69, 9.17) is 4.74 Å². The molecule has 0 radical (unpaired) electrons. The van der Waals surface area contributed by atoms with Gasteiger partial charge in [0.1, 0.15) is 0 Å². The second-order valence-electron chi connectivity index (χ2n) is 4.84. The quantitative estimate of drug-likeness (QED) is 0.807. The van der Waals surface area contributed by atoms with Crippen molar-refractivity contribution in [2.75, 3.05) is 6.54 Å². The van der Waals surface area contributed by atoms with Crippen molar-refractivity contribution in [3.8, 4) is 5.75 Å². The van der Waals surface area contributed by atoms with Crippen LogP contribution in [0.4, 0.5) is 4.39 Å². The lowest BCUT2D eigenvalue weighted by Crippen LogP contribution is -2.46. The molecule has 1 amide bonds. The Bertz CT molecular complexity index is 446. The van der Waals surface area contributed by atoms with Crippen molar-refractivity contribution in [1.29, 1.82) is 0 Å². The van der Waals surface area contributed by atoms with Gasteiger partial charge in [0.25, 0.3) is 5.91 Å². The minimum absolute atomic E-state index is 0.0383. The monoisotopic (exact) mass is 283 g/mol. The Morgan fingerprint density at radius 1 is 1.40 bits per heavy atom. The second-order valence-corrected chi connectivity index (χ2v) is 4.84. The molecule has 0 aliphatic heterocycles. The molecule has 1 rings (SSSR count). The van der Waals surface area contributed by atoms with Crippen LogP contribution in [0.5, 0.6) is 5.75 Å². The summed E-state index contributed by atoms with van der Waals surface area (Å²) in [6.07, 6.45) is 0.267. The number of carbonyl (C=O) groups is 1. The Balaban J connectivity index is 2.54. The first-order chi connectivity index (χ1) is 9.41. The molecule has 4 nitrogen and oxygen atoms in total. The lowest BCUT2D eigenvalue weighted by Gasteiger charge is -2.26. The molecular formula is C15H22FNO3. The largest absolute Gasteiger partial charge is 0.478 e. The van der Waals surface area contributed by atoms with Crippen LogP contribution in [0, 0.1) is 5.82 Å². The molecule has 1 aromatic carbocycles. The summed E-state index contributed by atoms with van der Waals surface area (Å²) in [5.41, 5.74) is -0.909. The molecule has 5 heteroatoms. The number of ether oxygens (including phenoxy) is 1. The number of nitrogens with one attached hydrogen (secondary N) is 1. The highest BCUT2D eigenvalue weighted by atomic mass is 19.1. The van der Waals surface area contributed by atoms with Crippen LogP contribution in [0.1, 0.15) is 33.6 Å². The Hall–Kier alpha value is -1.62. The van der Waals surface area contributed by atoms with E-state index in [0.717, 1.165) is 0 Å². The van der Waals surface area contributed by atoms with Crippen molar-refractivity contribution in [2.45, 2.75) is 45.3 Å². The van der Waals surface area contributed by atoms with E-state index in [1.807, 2.05) is 13.8 Å². The van der Waals surface area contributed by atoms with Gasteiger partial charge in [-0.25, -0.2) is 4.39 Å². The molecule has 0 aliphatic carbocycles. The third-order valence-electron chi connectivity index (χ3n) is 3.42. The Morgan fingerprint density at radius 2 is 2.00 bits per heavy atom. The van der Waals surface area contributed by atoms with E-state index in [0.29, 0.717) is 12.8 Å². The molecule has 0 spiro atoms. The molecule has 1 unspecified atom stereocenters. The molecule has 0 fully saturated rings. The maximum absolute atomic E-state index is 13.4. The van der Waals surface area contributed by atoms with Gasteiger partial charge in [-0.2, -0.15) is 0 Å². The van der Waals surface area contributed by atoms with Crippen LogP contribution in [0.15, 0.2) is 24.3 Å². The smallest absolute Gasteiger partial charge is 0.260 e. The molecule has 1 aromatic rings. The first-order valence-electron chi connectivity index (χ1n) is 6.83. The average Bonchev–Trinajstić information content (AvgIpc) is 2.46. The number of halogens is 1. The molecule has 0 aliphatic rings. The van der Waals surface area contributed by atoms with Crippen molar-refractivity contribution < 1.29 is 19.0 Å². The predicted molar refractivity (Wildman–Crippen MR) is 75.0 cm³/mol. The number of benzene rings is 1. The van der Waals surface area contributed by atoms with Crippen molar-refractivity contribution in [1.82, 2.24) is 5.32 Å². The van der Waals surface area contributed by atoms with Gasteiger partial charge in [0.15, 0.2) is 17.7 Å². The van der Waals surface area contributed by atoms with Gasteiger partial charge in [-0.05, 0) is 31.9 Å². The third kappa shape index (κ3) is 4.49. The summed E-state index contributed by atoms with van der Waals surface area (Å²) in [6, 6.07) is 5.92. The molecular weight excluding hydrogens is 261 g/mol. The highest BCUT2D eigenvalue weighted by Gasteiger charge is 2.24. The van der Waals surface area contributed by atoms with Crippen molar-refractivity contribution in [2.24, 2.45) is 0 Å². The number of amides is 1. The first kappa shape index (κ1) is 16.4. The number of rotatable bonds is 7. The van der Waals surface area contributed by atoms with Gasteiger partial charge in [0, 0.05) is 6.54 Å². The minimum atomic E-state index is -0.909. The van der Waals surface area contributed by atoms with Gasteiger partial charge in [-0.1, -0.05) is 26.0 Å². The fourth-order valence-corrected chi connectivity index (χ4v) is 1.68. The maximum Gasteiger partial charge on any atom is 0.260 e. The topological polar surface area (TPSA) is 58.6 Å². The number of hydrogen-bond donors (Lipinski definition) is 2. The van der Waals surface area contributed by atoms with E-state index in [-0.39, 0.29) is 18.2 Å². The zero-order chi connectivity index (χ0) is 15.2.